The fourth-order valence-corrected chi connectivity index (χ4v) is 2.44. The summed E-state index contributed by atoms with van der Waals surface area (Å²) in [6.07, 6.45) is 2.70. The van der Waals surface area contributed by atoms with Crippen LogP contribution in [0.2, 0.25) is 0 Å². The third kappa shape index (κ3) is 4.55. The monoisotopic (exact) mass is 283 g/mol. The van der Waals surface area contributed by atoms with Crippen LogP contribution in [0, 0.1) is 0 Å². The average Bonchev–Trinajstić information content (AvgIpc) is 2.90. The lowest BCUT2D eigenvalue weighted by Crippen LogP contribution is -2.55. The van der Waals surface area contributed by atoms with Gasteiger partial charge in [-0.05, 0) is 37.6 Å². The molecule has 0 spiro atoms. The number of oxime groups is 1. The molecule has 0 saturated carbocycles. The summed E-state index contributed by atoms with van der Waals surface area (Å²) in [6, 6.07) is 4.07. The molecule has 5 nitrogen and oxygen atoms in total. The minimum absolute atomic E-state index is 0.0293. The van der Waals surface area contributed by atoms with E-state index in [0.717, 1.165) is 12.8 Å². The van der Waals surface area contributed by atoms with Crippen LogP contribution < -0.4 is 11.1 Å². The lowest BCUT2D eigenvalue weighted by molar-refractivity contribution is -0.122. The van der Waals surface area contributed by atoms with Crippen LogP contribution >= 0.6 is 11.3 Å². The van der Waals surface area contributed by atoms with Gasteiger partial charge in [0.25, 0.3) is 0 Å². The fourth-order valence-electron chi connectivity index (χ4n) is 1.69. The number of carbonyl (C=O) groups is 1. The maximum absolute atomic E-state index is 11.9. The zero-order valence-electron chi connectivity index (χ0n) is 11.3. The number of thiophene rings is 1. The molecule has 1 unspecified atom stereocenters. The second kappa shape index (κ2) is 7.13. The first-order valence-electron chi connectivity index (χ1n) is 6.33. The highest BCUT2D eigenvalue weighted by Crippen LogP contribution is 2.13. The first-order valence-corrected chi connectivity index (χ1v) is 7.21. The normalized spacial score (nSPS) is 14.9. The summed E-state index contributed by atoms with van der Waals surface area (Å²) >= 11 is 1.70. The van der Waals surface area contributed by atoms with Crippen LogP contribution in [0.25, 0.3) is 0 Å². The van der Waals surface area contributed by atoms with E-state index in [1.807, 2.05) is 18.4 Å². The molecule has 1 heterocycles. The number of hydrogen-bond acceptors (Lipinski definition) is 4. The molecule has 1 rings (SSSR count). The maximum atomic E-state index is 11.9. The van der Waals surface area contributed by atoms with Crippen molar-refractivity contribution in [1.82, 2.24) is 5.32 Å². The molecule has 19 heavy (non-hydrogen) atoms. The summed E-state index contributed by atoms with van der Waals surface area (Å²) in [5, 5.41) is 16.6. The molecule has 1 aromatic heterocycles. The molecule has 0 bridgehead atoms. The first-order chi connectivity index (χ1) is 9.01. The van der Waals surface area contributed by atoms with Gasteiger partial charge < -0.3 is 16.3 Å². The van der Waals surface area contributed by atoms with Gasteiger partial charge in [-0.2, -0.15) is 0 Å². The summed E-state index contributed by atoms with van der Waals surface area (Å²) in [6.45, 7) is 3.63. The van der Waals surface area contributed by atoms with Gasteiger partial charge in [-0.15, -0.1) is 11.3 Å². The van der Waals surface area contributed by atoms with Crippen LogP contribution in [-0.4, -0.2) is 22.5 Å². The Hall–Kier alpha value is -1.56. The van der Waals surface area contributed by atoms with Crippen LogP contribution in [0.1, 0.15) is 38.0 Å². The SMILES string of the molecule is CCC(C)(NC(=O)CCCc1cccs1)/C(N)=N/O. The second-order valence-electron chi connectivity index (χ2n) is 4.65. The fraction of sp³-hybridized carbons (Fsp3) is 0.538. The molecule has 0 radical (unpaired) electrons. The molecular weight excluding hydrogens is 262 g/mol. The molecule has 1 aromatic rings. The molecule has 0 aliphatic carbocycles. The molecule has 4 N–H and O–H groups in total. The van der Waals surface area contributed by atoms with E-state index in [1.165, 1.54) is 4.88 Å². The van der Waals surface area contributed by atoms with Crippen LogP contribution in [0.4, 0.5) is 0 Å². The number of aryl methyl sites for hydroxylation is 1. The predicted octanol–water partition coefficient (Wildman–Crippen LogP) is 2.10. The van der Waals surface area contributed by atoms with Gasteiger partial charge in [-0.25, -0.2) is 0 Å². The Kier molecular flexibility index (Phi) is 5.82. The summed E-state index contributed by atoms with van der Waals surface area (Å²) in [7, 11) is 0. The number of nitrogens with two attached hydrogens (primary N) is 1. The van der Waals surface area contributed by atoms with E-state index in [1.54, 1.807) is 18.3 Å². The highest BCUT2D eigenvalue weighted by Gasteiger charge is 2.29. The van der Waals surface area contributed by atoms with Crippen molar-refractivity contribution in [3.63, 3.8) is 0 Å². The Bertz CT molecular complexity index is 431. The van der Waals surface area contributed by atoms with Crippen LogP contribution in [-0.2, 0) is 11.2 Å². The zero-order valence-corrected chi connectivity index (χ0v) is 12.2. The van der Waals surface area contributed by atoms with Gasteiger partial charge in [-0.3, -0.25) is 4.79 Å². The number of rotatable bonds is 7. The molecule has 0 saturated heterocycles. The molecule has 0 aliphatic rings. The predicted molar refractivity (Wildman–Crippen MR) is 77.5 cm³/mol. The maximum Gasteiger partial charge on any atom is 0.220 e. The Morgan fingerprint density at radius 3 is 2.89 bits per heavy atom. The summed E-state index contributed by atoms with van der Waals surface area (Å²) in [5.41, 5.74) is 4.82. The van der Waals surface area contributed by atoms with E-state index in [2.05, 4.69) is 16.5 Å². The van der Waals surface area contributed by atoms with Crippen LogP contribution in [0.15, 0.2) is 22.7 Å². The summed E-state index contributed by atoms with van der Waals surface area (Å²) < 4.78 is 0. The lowest BCUT2D eigenvalue weighted by atomic mass is 9.97. The smallest absolute Gasteiger partial charge is 0.220 e. The van der Waals surface area contributed by atoms with Gasteiger partial charge in [0, 0.05) is 11.3 Å². The third-order valence-corrected chi connectivity index (χ3v) is 4.14. The summed E-state index contributed by atoms with van der Waals surface area (Å²) in [4.78, 5) is 13.1. The molecule has 1 amide bonds. The van der Waals surface area contributed by atoms with Gasteiger partial charge in [0.2, 0.25) is 5.91 Å². The highest BCUT2D eigenvalue weighted by atomic mass is 32.1. The average molecular weight is 283 g/mol. The van der Waals surface area contributed by atoms with Crippen molar-refractivity contribution >= 4 is 23.1 Å². The van der Waals surface area contributed by atoms with E-state index >= 15 is 0 Å². The van der Waals surface area contributed by atoms with Crippen molar-refractivity contribution in [2.75, 3.05) is 0 Å². The largest absolute Gasteiger partial charge is 0.409 e. The Morgan fingerprint density at radius 1 is 1.63 bits per heavy atom. The molecule has 1 atom stereocenters. The number of hydrogen-bond donors (Lipinski definition) is 3. The van der Waals surface area contributed by atoms with Gasteiger partial charge >= 0.3 is 0 Å². The van der Waals surface area contributed by atoms with Crippen molar-refractivity contribution in [3.05, 3.63) is 22.4 Å². The van der Waals surface area contributed by atoms with E-state index in [0.29, 0.717) is 12.8 Å². The van der Waals surface area contributed by atoms with Crippen molar-refractivity contribution in [2.45, 2.75) is 45.1 Å². The van der Waals surface area contributed by atoms with Gasteiger partial charge in [-0.1, -0.05) is 18.1 Å². The van der Waals surface area contributed by atoms with E-state index in [9.17, 15) is 4.79 Å². The van der Waals surface area contributed by atoms with Gasteiger partial charge in [0.1, 0.15) is 0 Å². The standard InChI is InChI=1S/C13H21N3O2S/c1-3-13(2,12(14)16-18)15-11(17)8-4-6-10-7-5-9-19-10/h5,7,9,18H,3-4,6,8H2,1-2H3,(H2,14,16)(H,15,17). The van der Waals surface area contributed by atoms with Crippen molar-refractivity contribution in [2.24, 2.45) is 10.9 Å². The number of nitrogens with one attached hydrogen (secondary N) is 1. The quantitative estimate of drug-likeness (QED) is 0.310. The van der Waals surface area contributed by atoms with E-state index in [4.69, 9.17) is 10.9 Å². The Morgan fingerprint density at radius 2 is 2.37 bits per heavy atom. The number of amidine groups is 1. The number of nitrogens with zero attached hydrogens (tertiary/aromatic N) is 1. The van der Waals surface area contributed by atoms with Gasteiger partial charge in [0.15, 0.2) is 5.84 Å². The molecule has 0 aromatic carbocycles. The topological polar surface area (TPSA) is 87.7 Å². The van der Waals surface area contributed by atoms with Crippen molar-refractivity contribution in [1.29, 1.82) is 0 Å². The van der Waals surface area contributed by atoms with Crippen LogP contribution in [0.5, 0.6) is 0 Å². The third-order valence-electron chi connectivity index (χ3n) is 3.20. The number of carbonyl (C=O) groups excluding carboxylic acids is 1. The van der Waals surface area contributed by atoms with Crippen LogP contribution in [0.3, 0.4) is 0 Å². The van der Waals surface area contributed by atoms with E-state index < -0.39 is 5.54 Å². The molecule has 6 heteroatoms. The molecular formula is C13H21N3O2S. The highest BCUT2D eigenvalue weighted by molar-refractivity contribution is 7.09. The van der Waals surface area contributed by atoms with Crippen molar-refractivity contribution in [3.8, 4) is 0 Å². The lowest BCUT2D eigenvalue weighted by Gasteiger charge is -2.28. The minimum atomic E-state index is -0.783. The molecule has 106 valence electrons. The zero-order chi connectivity index (χ0) is 14.3. The van der Waals surface area contributed by atoms with E-state index in [-0.39, 0.29) is 11.7 Å². The Labute approximate surface area is 117 Å². The molecule has 0 fully saturated rings. The Balaban J connectivity index is 2.41. The van der Waals surface area contributed by atoms with Crippen molar-refractivity contribution < 1.29 is 10.0 Å². The first kappa shape index (κ1) is 15.5. The number of amides is 1. The molecule has 0 aliphatic heterocycles. The second-order valence-corrected chi connectivity index (χ2v) is 5.68. The van der Waals surface area contributed by atoms with Gasteiger partial charge in [0.05, 0.1) is 5.54 Å². The minimum Gasteiger partial charge on any atom is -0.409 e. The summed E-state index contributed by atoms with van der Waals surface area (Å²) in [5.74, 6) is -0.0471.